The summed E-state index contributed by atoms with van der Waals surface area (Å²) in [4.78, 5) is 22.5. The highest BCUT2D eigenvalue weighted by molar-refractivity contribution is 7.09. The number of hydrogen-bond acceptors (Lipinski definition) is 6. The van der Waals surface area contributed by atoms with Gasteiger partial charge in [0.2, 0.25) is 0 Å². The Balaban J connectivity index is 1.53. The van der Waals surface area contributed by atoms with E-state index < -0.39 is 0 Å². The van der Waals surface area contributed by atoms with Crippen LogP contribution in [0.25, 0.3) is 0 Å². The number of nitrogens with zero attached hydrogens (tertiary/aromatic N) is 4. The fraction of sp³-hybridized carbons (Fsp3) is 0.588. The molecule has 1 amide bonds. The molecule has 3 rings (SSSR count). The highest BCUT2D eigenvalue weighted by Crippen LogP contribution is 2.22. The smallest absolute Gasteiger partial charge is 0.259 e. The Labute approximate surface area is 146 Å². The van der Waals surface area contributed by atoms with Gasteiger partial charge in [0.05, 0.1) is 17.4 Å². The first-order valence-electron chi connectivity index (χ1n) is 8.38. The van der Waals surface area contributed by atoms with Gasteiger partial charge < -0.3 is 14.3 Å². The highest BCUT2D eigenvalue weighted by Gasteiger charge is 2.29. The molecule has 1 atom stereocenters. The number of carbonyl (C=O) groups is 1. The van der Waals surface area contributed by atoms with Crippen LogP contribution < -0.4 is 0 Å². The zero-order valence-corrected chi connectivity index (χ0v) is 15.3. The summed E-state index contributed by atoms with van der Waals surface area (Å²) in [6.07, 6.45) is 3.28. The van der Waals surface area contributed by atoms with E-state index in [-0.39, 0.29) is 5.91 Å². The summed E-state index contributed by atoms with van der Waals surface area (Å²) in [6, 6.07) is 0. The molecule has 1 aliphatic rings. The summed E-state index contributed by atoms with van der Waals surface area (Å²) < 4.78 is 5.15. The maximum absolute atomic E-state index is 12.6. The van der Waals surface area contributed by atoms with E-state index >= 15 is 0 Å². The number of rotatable bonds is 6. The zero-order valence-electron chi connectivity index (χ0n) is 14.5. The van der Waals surface area contributed by atoms with Gasteiger partial charge in [0.15, 0.2) is 0 Å². The lowest BCUT2D eigenvalue weighted by atomic mass is 10.1. The van der Waals surface area contributed by atoms with Crippen LogP contribution in [0.4, 0.5) is 0 Å². The van der Waals surface area contributed by atoms with Crippen molar-refractivity contribution in [1.82, 2.24) is 19.9 Å². The molecule has 0 spiro atoms. The molecule has 0 saturated carbocycles. The maximum Gasteiger partial charge on any atom is 0.259 e. The minimum atomic E-state index is 0.0524. The Bertz CT molecular complexity index is 696. The first-order valence-corrected chi connectivity index (χ1v) is 9.26. The van der Waals surface area contributed by atoms with Gasteiger partial charge in [-0.15, -0.1) is 11.3 Å². The van der Waals surface area contributed by atoms with Gasteiger partial charge in [-0.1, -0.05) is 12.1 Å². The largest absolute Gasteiger partial charge is 0.361 e. The summed E-state index contributed by atoms with van der Waals surface area (Å²) in [5, 5.41) is 3.77. The van der Waals surface area contributed by atoms with Crippen LogP contribution in [0.5, 0.6) is 0 Å². The molecule has 2 aromatic rings. The fourth-order valence-corrected chi connectivity index (χ4v) is 4.11. The van der Waals surface area contributed by atoms with Crippen molar-refractivity contribution in [1.29, 1.82) is 0 Å². The van der Waals surface area contributed by atoms with Crippen LogP contribution in [0.2, 0.25) is 0 Å². The normalized spacial score (nSPS) is 17.8. The van der Waals surface area contributed by atoms with Crippen LogP contribution in [0, 0.1) is 12.8 Å². The minimum absolute atomic E-state index is 0.0524. The average Bonchev–Trinajstić information content (AvgIpc) is 3.28. The highest BCUT2D eigenvalue weighted by atomic mass is 32.1. The molecule has 24 heavy (non-hydrogen) atoms. The van der Waals surface area contributed by atoms with Gasteiger partial charge in [-0.3, -0.25) is 4.79 Å². The van der Waals surface area contributed by atoms with E-state index in [1.54, 1.807) is 17.5 Å². The van der Waals surface area contributed by atoms with Crippen LogP contribution in [0.3, 0.4) is 0 Å². The summed E-state index contributed by atoms with van der Waals surface area (Å²) in [5.41, 5.74) is 3.64. The number of hydrogen-bond donors (Lipinski definition) is 0. The second kappa shape index (κ2) is 7.44. The van der Waals surface area contributed by atoms with Crippen molar-refractivity contribution < 1.29 is 9.32 Å². The van der Waals surface area contributed by atoms with Gasteiger partial charge in [-0.05, 0) is 26.3 Å². The molecule has 7 heteroatoms. The van der Waals surface area contributed by atoms with Gasteiger partial charge in [-0.25, -0.2) is 4.98 Å². The lowest BCUT2D eigenvalue weighted by molar-refractivity contribution is 0.0782. The Morgan fingerprint density at radius 2 is 2.38 bits per heavy atom. The Hall–Kier alpha value is -1.73. The van der Waals surface area contributed by atoms with Crippen LogP contribution in [0.1, 0.15) is 40.0 Å². The number of amides is 1. The molecule has 0 unspecified atom stereocenters. The van der Waals surface area contributed by atoms with Gasteiger partial charge in [0.25, 0.3) is 5.91 Å². The van der Waals surface area contributed by atoms with Gasteiger partial charge in [0, 0.05) is 37.5 Å². The standard InChI is InChI=1S/C17H24N4O2S/c1-4-15-14(7-19-23-15)17(22)21-6-5-13(9-21)8-20(3)10-16-12(2)18-11-24-16/h7,11,13H,4-6,8-10H2,1-3H3/t13-/m1/s1. The predicted molar refractivity (Wildman–Crippen MR) is 93.1 cm³/mol. The molecular formula is C17H24N4O2S. The summed E-state index contributed by atoms with van der Waals surface area (Å²) in [7, 11) is 2.14. The Morgan fingerprint density at radius 1 is 1.54 bits per heavy atom. The van der Waals surface area contributed by atoms with E-state index in [2.05, 4.69) is 29.0 Å². The quantitative estimate of drug-likeness (QED) is 0.803. The van der Waals surface area contributed by atoms with E-state index in [1.165, 1.54) is 4.88 Å². The van der Waals surface area contributed by atoms with Crippen molar-refractivity contribution in [3.05, 3.63) is 33.6 Å². The van der Waals surface area contributed by atoms with Crippen LogP contribution in [0.15, 0.2) is 16.2 Å². The summed E-state index contributed by atoms with van der Waals surface area (Å²) >= 11 is 1.71. The minimum Gasteiger partial charge on any atom is -0.361 e. The van der Waals surface area contributed by atoms with Crippen molar-refractivity contribution in [2.24, 2.45) is 5.92 Å². The third-order valence-corrected chi connectivity index (χ3v) is 5.52. The molecule has 1 aliphatic heterocycles. The van der Waals surface area contributed by atoms with Gasteiger partial charge in [-0.2, -0.15) is 0 Å². The predicted octanol–water partition coefficient (Wildman–Crippen LogP) is 2.60. The van der Waals surface area contributed by atoms with Crippen LogP contribution in [-0.4, -0.2) is 52.5 Å². The second-order valence-electron chi connectivity index (χ2n) is 6.48. The van der Waals surface area contributed by atoms with E-state index in [4.69, 9.17) is 4.52 Å². The van der Waals surface area contributed by atoms with Gasteiger partial charge >= 0.3 is 0 Å². The molecule has 0 aromatic carbocycles. The topological polar surface area (TPSA) is 62.5 Å². The summed E-state index contributed by atoms with van der Waals surface area (Å²) in [5.74, 6) is 1.25. The lowest BCUT2D eigenvalue weighted by Crippen LogP contribution is -2.31. The molecule has 1 fully saturated rings. The zero-order chi connectivity index (χ0) is 17.1. The summed E-state index contributed by atoms with van der Waals surface area (Å²) in [6.45, 7) is 7.56. The number of aromatic nitrogens is 2. The van der Waals surface area contributed by atoms with E-state index in [1.807, 2.05) is 17.3 Å². The van der Waals surface area contributed by atoms with Crippen LogP contribution >= 0.6 is 11.3 Å². The van der Waals surface area contributed by atoms with E-state index in [0.29, 0.717) is 23.7 Å². The molecule has 3 heterocycles. The third kappa shape index (κ3) is 3.67. The third-order valence-electron chi connectivity index (χ3n) is 4.60. The molecular weight excluding hydrogens is 324 g/mol. The molecule has 130 valence electrons. The van der Waals surface area contributed by atoms with Crippen molar-refractivity contribution in [3.8, 4) is 0 Å². The molecule has 0 N–H and O–H groups in total. The second-order valence-corrected chi connectivity index (χ2v) is 7.42. The van der Waals surface area contributed by atoms with E-state index in [9.17, 15) is 4.79 Å². The molecule has 0 aliphatic carbocycles. The van der Waals surface area contributed by atoms with Gasteiger partial charge in [0.1, 0.15) is 11.3 Å². The number of aryl methyl sites for hydroxylation is 2. The molecule has 6 nitrogen and oxygen atoms in total. The maximum atomic E-state index is 12.6. The van der Waals surface area contributed by atoms with Crippen molar-refractivity contribution in [2.75, 3.05) is 26.7 Å². The van der Waals surface area contributed by atoms with Crippen molar-refractivity contribution >= 4 is 17.2 Å². The van der Waals surface area contributed by atoms with E-state index in [0.717, 1.165) is 38.3 Å². The average molecular weight is 348 g/mol. The first-order chi connectivity index (χ1) is 11.6. The molecule has 1 saturated heterocycles. The lowest BCUT2D eigenvalue weighted by Gasteiger charge is -2.21. The molecule has 2 aromatic heterocycles. The molecule has 0 radical (unpaired) electrons. The van der Waals surface area contributed by atoms with Crippen molar-refractivity contribution in [2.45, 2.75) is 33.2 Å². The van der Waals surface area contributed by atoms with Crippen LogP contribution in [-0.2, 0) is 13.0 Å². The first kappa shape index (κ1) is 17.1. The Kier molecular flexibility index (Phi) is 5.30. The SMILES string of the molecule is CCc1oncc1C(=O)N1CC[C@H](CN(C)Cc2scnc2C)C1. The Morgan fingerprint density at radius 3 is 3.08 bits per heavy atom. The fourth-order valence-electron chi connectivity index (χ4n) is 3.26. The monoisotopic (exact) mass is 348 g/mol. The number of thiazole rings is 1. The van der Waals surface area contributed by atoms with Crippen molar-refractivity contribution in [3.63, 3.8) is 0 Å². The number of likely N-dealkylation sites (tertiary alicyclic amines) is 1. The number of carbonyl (C=O) groups excluding carboxylic acids is 1. The molecule has 0 bridgehead atoms.